The highest BCUT2D eigenvalue weighted by molar-refractivity contribution is 5.62. The second kappa shape index (κ2) is 5.17. The van der Waals surface area contributed by atoms with Crippen molar-refractivity contribution in [2.45, 2.75) is 13.3 Å². The normalized spacial score (nSPS) is 10.7. The molecule has 2 N–H and O–H groups in total. The first kappa shape index (κ1) is 12.4. The molecule has 0 aliphatic carbocycles. The molecule has 3 aromatic rings. The molecule has 1 aromatic carbocycles. The van der Waals surface area contributed by atoms with Crippen molar-refractivity contribution in [3.05, 3.63) is 60.7 Å². The molecule has 4 nitrogen and oxygen atoms in total. The van der Waals surface area contributed by atoms with E-state index in [4.69, 9.17) is 5.73 Å². The van der Waals surface area contributed by atoms with Gasteiger partial charge in [0.2, 0.25) is 0 Å². The van der Waals surface area contributed by atoms with Crippen molar-refractivity contribution in [2.24, 2.45) is 0 Å². The fourth-order valence-electron chi connectivity index (χ4n) is 2.16. The van der Waals surface area contributed by atoms with Crippen LogP contribution in [0.2, 0.25) is 0 Å². The number of pyridine rings is 1. The van der Waals surface area contributed by atoms with Crippen LogP contribution in [0.25, 0.3) is 16.9 Å². The van der Waals surface area contributed by atoms with E-state index < -0.39 is 0 Å². The minimum Gasteiger partial charge on any atom is -0.384 e. The van der Waals surface area contributed by atoms with Crippen LogP contribution in [-0.4, -0.2) is 14.5 Å². The van der Waals surface area contributed by atoms with Crippen molar-refractivity contribution in [3.8, 4) is 16.9 Å². The van der Waals surface area contributed by atoms with Gasteiger partial charge >= 0.3 is 0 Å². The molecule has 2 aromatic heterocycles. The summed E-state index contributed by atoms with van der Waals surface area (Å²) >= 11 is 0. The van der Waals surface area contributed by atoms with Crippen LogP contribution in [0.15, 0.2) is 55.1 Å². The maximum atomic E-state index is 5.63. The molecule has 100 valence electrons. The average Bonchev–Trinajstić information content (AvgIpc) is 2.97. The molecular weight excluding hydrogens is 248 g/mol. The Morgan fingerprint density at radius 2 is 1.85 bits per heavy atom. The van der Waals surface area contributed by atoms with Crippen molar-refractivity contribution in [2.75, 3.05) is 5.73 Å². The lowest BCUT2D eigenvalue weighted by Crippen LogP contribution is -1.96. The molecule has 0 saturated carbocycles. The van der Waals surface area contributed by atoms with Gasteiger partial charge in [-0.05, 0) is 36.2 Å². The zero-order valence-electron chi connectivity index (χ0n) is 11.3. The lowest BCUT2D eigenvalue weighted by molar-refractivity contribution is 1.05. The first-order chi connectivity index (χ1) is 9.78. The zero-order chi connectivity index (χ0) is 13.9. The van der Waals surface area contributed by atoms with Gasteiger partial charge in [0.15, 0.2) is 0 Å². The number of rotatable bonds is 3. The Morgan fingerprint density at radius 3 is 2.50 bits per heavy atom. The van der Waals surface area contributed by atoms with E-state index in [2.05, 4.69) is 41.2 Å². The monoisotopic (exact) mass is 264 g/mol. The molecule has 0 aliphatic heterocycles. The van der Waals surface area contributed by atoms with Gasteiger partial charge in [-0.3, -0.25) is 4.57 Å². The topological polar surface area (TPSA) is 56.7 Å². The van der Waals surface area contributed by atoms with E-state index in [0.29, 0.717) is 5.82 Å². The fourth-order valence-corrected chi connectivity index (χ4v) is 2.16. The maximum absolute atomic E-state index is 5.63. The number of benzene rings is 1. The van der Waals surface area contributed by atoms with Gasteiger partial charge in [0, 0.05) is 17.4 Å². The highest BCUT2D eigenvalue weighted by Gasteiger charge is 2.07. The van der Waals surface area contributed by atoms with Crippen molar-refractivity contribution < 1.29 is 0 Å². The number of aromatic nitrogens is 3. The van der Waals surface area contributed by atoms with Gasteiger partial charge in [-0.1, -0.05) is 19.1 Å². The number of aryl methyl sites for hydroxylation is 1. The van der Waals surface area contributed by atoms with Gasteiger partial charge in [-0.25, -0.2) is 9.97 Å². The first-order valence-electron chi connectivity index (χ1n) is 6.61. The van der Waals surface area contributed by atoms with Crippen LogP contribution in [-0.2, 0) is 6.42 Å². The quantitative estimate of drug-likeness (QED) is 0.791. The second-order valence-electron chi connectivity index (χ2n) is 4.64. The molecule has 0 fully saturated rings. The van der Waals surface area contributed by atoms with Gasteiger partial charge in [-0.2, -0.15) is 0 Å². The first-order valence-corrected chi connectivity index (χ1v) is 6.61. The summed E-state index contributed by atoms with van der Waals surface area (Å²) in [4.78, 5) is 8.38. The number of nitrogens with zero attached hydrogens (tertiary/aromatic N) is 3. The maximum Gasteiger partial charge on any atom is 0.123 e. The minimum absolute atomic E-state index is 0.520. The number of anilines is 1. The Hall–Kier alpha value is -2.62. The molecular formula is C16H16N4. The van der Waals surface area contributed by atoms with Crippen LogP contribution in [0.3, 0.4) is 0 Å². The molecule has 0 spiro atoms. The summed E-state index contributed by atoms with van der Waals surface area (Å²) < 4.78 is 2.05. The summed E-state index contributed by atoms with van der Waals surface area (Å²) in [6.45, 7) is 2.15. The molecule has 20 heavy (non-hydrogen) atoms. The molecule has 0 radical (unpaired) electrons. The highest BCUT2D eigenvalue weighted by atomic mass is 15.1. The van der Waals surface area contributed by atoms with E-state index in [-0.39, 0.29) is 0 Å². The summed E-state index contributed by atoms with van der Waals surface area (Å²) in [5.74, 6) is 0.520. The third-order valence-electron chi connectivity index (χ3n) is 3.34. The SMILES string of the molecule is CCc1ccc(-n2cncc2-c2ccc(N)nc2)cc1. The van der Waals surface area contributed by atoms with Gasteiger partial charge in [0.25, 0.3) is 0 Å². The Morgan fingerprint density at radius 1 is 1.05 bits per heavy atom. The molecule has 0 atom stereocenters. The fraction of sp³-hybridized carbons (Fsp3) is 0.125. The number of hydrogen-bond acceptors (Lipinski definition) is 3. The van der Waals surface area contributed by atoms with Gasteiger partial charge < -0.3 is 5.73 Å². The Kier molecular flexibility index (Phi) is 3.21. The zero-order valence-corrected chi connectivity index (χ0v) is 11.3. The molecule has 0 amide bonds. The van der Waals surface area contributed by atoms with Crippen molar-refractivity contribution in [1.29, 1.82) is 0 Å². The predicted octanol–water partition coefficient (Wildman–Crippen LogP) is 3.08. The summed E-state index contributed by atoms with van der Waals surface area (Å²) in [6, 6.07) is 12.2. The smallest absolute Gasteiger partial charge is 0.123 e. The molecule has 2 heterocycles. The number of hydrogen-bond donors (Lipinski definition) is 1. The van der Waals surface area contributed by atoms with Gasteiger partial charge in [0.1, 0.15) is 5.82 Å². The second-order valence-corrected chi connectivity index (χ2v) is 4.64. The van der Waals surface area contributed by atoms with Crippen LogP contribution in [0.4, 0.5) is 5.82 Å². The lowest BCUT2D eigenvalue weighted by Gasteiger charge is -2.09. The number of imidazole rings is 1. The molecule has 0 bridgehead atoms. The minimum atomic E-state index is 0.520. The summed E-state index contributed by atoms with van der Waals surface area (Å²) in [7, 11) is 0. The van der Waals surface area contributed by atoms with Crippen LogP contribution in [0, 0.1) is 0 Å². The molecule has 4 heteroatoms. The lowest BCUT2D eigenvalue weighted by atomic mass is 10.1. The van der Waals surface area contributed by atoms with Crippen molar-refractivity contribution in [3.63, 3.8) is 0 Å². The molecule has 0 saturated heterocycles. The Labute approximate surface area is 117 Å². The van der Waals surface area contributed by atoms with Gasteiger partial charge in [-0.15, -0.1) is 0 Å². The predicted molar refractivity (Wildman–Crippen MR) is 80.6 cm³/mol. The third-order valence-corrected chi connectivity index (χ3v) is 3.34. The van der Waals surface area contributed by atoms with Crippen LogP contribution < -0.4 is 5.73 Å². The van der Waals surface area contributed by atoms with Gasteiger partial charge in [0.05, 0.1) is 18.2 Å². The van der Waals surface area contributed by atoms with E-state index in [1.165, 1.54) is 5.56 Å². The van der Waals surface area contributed by atoms with Crippen LogP contribution in [0.1, 0.15) is 12.5 Å². The molecule has 0 unspecified atom stereocenters. The van der Waals surface area contributed by atoms with Crippen molar-refractivity contribution >= 4 is 5.82 Å². The van der Waals surface area contributed by atoms with Crippen LogP contribution in [0.5, 0.6) is 0 Å². The third kappa shape index (κ3) is 2.28. The summed E-state index contributed by atoms with van der Waals surface area (Å²) in [6.07, 6.45) is 6.45. The summed E-state index contributed by atoms with van der Waals surface area (Å²) in [5, 5.41) is 0. The van der Waals surface area contributed by atoms with E-state index >= 15 is 0 Å². The standard InChI is InChI=1S/C16H16N4/c1-2-12-3-6-14(7-4-12)20-11-18-10-15(20)13-5-8-16(17)19-9-13/h3-11H,2H2,1H3,(H2,17,19). The summed E-state index contributed by atoms with van der Waals surface area (Å²) in [5.41, 5.74) is 10.0. The van der Waals surface area contributed by atoms with Crippen LogP contribution >= 0.6 is 0 Å². The average molecular weight is 264 g/mol. The molecule has 0 aliphatic rings. The van der Waals surface area contributed by atoms with E-state index in [9.17, 15) is 0 Å². The van der Waals surface area contributed by atoms with E-state index in [0.717, 1.165) is 23.4 Å². The Bertz CT molecular complexity index is 696. The highest BCUT2D eigenvalue weighted by Crippen LogP contribution is 2.22. The van der Waals surface area contributed by atoms with E-state index in [1.807, 2.05) is 23.2 Å². The number of nitrogen functional groups attached to an aromatic ring is 1. The largest absolute Gasteiger partial charge is 0.384 e. The molecule has 3 rings (SSSR count). The Balaban J connectivity index is 2.02. The number of nitrogens with two attached hydrogens (primary N) is 1. The van der Waals surface area contributed by atoms with E-state index in [1.54, 1.807) is 12.3 Å². The van der Waals surface area contributed by atoms with Crippen molar-refractivity contribution in [1.82, 2.24) is 14.5 Å².